The van der Waals surface area contributed by atoms with Gasteiger partial charge in [0.15, 0.2) is 7.14 Å². The fourth-order valence-electron chi connectivity index (χ4n) is 2.51. The Morgan fingerprint density at radius 2 is 1.00 bits per heavy atom. The number of thiol groups is 2. The summed E-state index contributed by atoms with van der Waals surface area (Å²) in [5.74, 6) is 0. The third-order valence-corrected chi connectivity index (χ3v) is 7.86. The van der Waals surface area contributed by atoms with Gasteiger partial charge in [-0.1, -0.05) is 54.6 Å². The highest BCUT2D eigenvalue weighted by molar-refractivity contribution is 7.89. The monoisotopic (exact) mass is 342 g/mol. The molecule has 0 spiro atoms. The van der Waals surface area contributed by atoms with Crippen LogP contribution in [0, 0.1) is 0 Å². The third kappa shape index (κ3) is 2.65. The molecule has 0 fully saturated rings. The lowest BCUT2D eigenvalue weighted by Gasteiger charge is -2.22. The third-order valence-electron chi connectivity index (χ3n) is 3.56. The van der Waals surface area contributed by atoms with E-state index in [4.69, 9.17) is 0 Å². The zero-order valence-electron chi connectivity index (χ0n) is 11.8. The van der Waals surface area contributed by atoms with Gasteiger partial charge in [-0.05, 0) is 24.3 Å². The van der Waals surface area contributed by atoms with Gasteiger partial charge in [-0.15, -0.1) is 25.3 Å². The second-order valence-corrected chi connectivity index (χ2v) is 8.58. The zero-order chi connectivity index (χ0) is 15.6. The van der Waals surface area contributed by atoms with E-state index in [0.29, 0.717) is 0 Å². The van der Waals surface area contributed by atoms with E-state index in [2.05, 4.69) is 25.3 Å². The summed E-state index contributed by atoms with van der Waals surface area (Å²) in [5, 5.41) is 2.27. The first-order chi connectivity index (χ1) is 10.6. The molecule has 3 aromatic carbocycles. The Morgan fingerprint density at radius 1 is 0.591 bits per heavy atom. The molecule has 0 unspecified atom stereocenters. The minimum atomic E-state index is -3.00. The van der Waals surface area contributed by atoms with Crippen molar-refractivity contribution in [3.05, 3.63) is 78.9 Å². The van der Waals surface area contributed by atoms with Gasteiger partial charge in [0.1, 0.15) is 0 Å². The molecule has 0 atom stereocenters. The molecule has 0 aliphatic heterocycles. The zero-order valence-corrected chi connectivity index (χ0v) is 14.4. The maximum Gasteiger partial charge on any atom is 0.173 e. The van der Waals surface area contributed by atoms with E-state index in [0.717, 1.165) is 25.7 Å². The number of rotatable bonds is 3. The van der Waals surface area contributed by atoms with Crippen LogP contribution in [0.15, 0.2) is 88.7 Å². The number of hydrogen-bond acceptors (Lipinski definition) is 3. The van der Waals surface area contributed by atoms with Gasteiger partial charge in [0.05, 0.1) is 0 Å². The molecule has 110 valence electrons. The molecule has 3 rings (SSSR count). The summed E-state index contributed by atoms with van der Waals surface area (Å²) in [5.41, 5.74) is 0. The molecule has 0 aliphatic rings. The van der Waals surface area contributed by atoms with Gasteiger partial charge in [-0.25, -0.2) is 0 Å². The molecule has 0 N–H and O–H groups in total. The first kappa shape index (κ1) is 15.5. The van der Waals surface area contributed by atoms with Crippen LogP contribution in [0.5, 0.6) is 0 Å². The molecule has 22 heavy (non-hydrogen) atoms. The van der Waals surface area contributed by atoms with Crippen LogP contribution in [-0.4, -0.2) is 0 Å². The molecule has 1 nitrogen and oxygen atoms in total. The van der Waals surface area contributed by atoms with Gasteiger partial charge in [0, 0.05) is 25.7 Å². The summed E-state index contributed by atoms with van der Waals surface area (Å²) in [4.78, 5) is 1.46. The topological polar surface area (TPSA) is 17.1 Å². The average molecular weight is 342 g/mol. The Bertz CT molecular complexity index is 797. The van der Waals surface area contributed by atoms with Crippen molar-refractivity contribution in [2.75, 3.05) is 0 Å². The molecular weight excluding hydrogens is 327 g/mol. The summed E-state index contributed by atoms with van der Waals surface area (Å²) >= 11 is 9.06. The molecule has 0 saturated heterocycles. The van der Waals surface area contributed by atoms with E-state index in [1.165, 1.54) is 0 Å². The maximum absolute atomic E-state index is 14.2. The van der Waals surface area contributed by atoms with E-state index >= 15 is 0 Å². The van der Waals surface area contributed by atoms with E-state index in [1.54, 1.807) is 0 Å². The quantitative estimate of drug-likeness (QED) is 0.545. The lowest BCUT2D eigenvalue weighted by Crippen LogP contribution is -2.26. The second-order valence-electron chi connectivity index (χ2n) is 4.92. The van der Waals surface area contributed by atoms with E-state index < -0.39 is 7.14 Å². The molecule has 0 heterocycles. The van der Waals surface area contributed by atoms with Crippen LogP contribution in [0.1, 0.15) is 0 Å². The van der Waals surface area contributed by atoms with Crippen molar-refractivity contribution in [2.45, 2.75) is 9.79 Å². The normalized spacial score (nSPS) is 11.4. The van der Waals surface area contributed by atoms with Gasteiger partial charge in [-0.2, -0.15) is 0 Å². The highest BCUT2D eigenvalue weighted by Gasteiger charge is 2.32. The van der Waals surface area contributed by atoms with Crippen molar-refractivity contribution < 1.29 is 4.57 Å². The van der Waals surface area contributed by atoms with Crippen LogP contribution in [0.4, 0.5) is 0 Å². The largest absolute Gasteiger partial charge is 0.309 e. The van der Waals surface area contributed by atoms with Crippen molar-refractivity contribution >= 4 is 48.3 Å². The standard InChI is InChI=1S/C18H15OPS2/c19-20(14-8-2-1-3-9-14,15-10-4-6-12-17(15)21)16-11-5-7-13-18(16)22/h1-13,21-22H. The summed E-state index contributed by atoms with van der Waals surface area (Å²) in [7, 11) is -3.00. The van der Waals surface area contributed by atoms with Crippen LogP contribution in [-0.2, 0) is 4.57 Å². The first-order valence-electron chi connectivity index (χ1n) is 6.87. The second kappa shape index (κ2) is 6.37. The predicted octanol–water partition coefficient (Wildman–Crippen LogP) is 3.90. The summed E-state index contributed by atoms with van der Waals surface area (Å²) < 4.78 is 14.2. The molecular formula is C18H15OPS2. The van der Waals surface area contributed by atoms with Crippen LogP contribution >= 0.6 is 32.4 Å². The van der Waals surface area contributed by atoms with Crippen LogP contribution in [0.25, 0.3) is 0 Å². The lowest BCUT2D eigenvalue weighted by atomic mass is 10.3. The molecule has 0 aliphatic carbocycles. The first-order valence-corrected chi connectivity index (χ1v) is 9.47. The van der Waals surface area contributed by atoms with Gasteiger partial charge >= 0.3 is 0 Å². The minimum absolute atomic E-state index is 0.728. The molecule has 0 aromatic heterocycles. The van der Waals surface area contributed by atoms with Crippen LogP contribution in [0.3, 0.4) is 0 Å². The number of hydrogen-bond donors (Lipinski definition) is 2. The lowest BCUT2D eigenvalue weighted by molar-refractivity contribution is 0.592. The van der Waals surface area contributed by atoms with Crippen LogP contribution < -0.4 is 15.9 Å². The minimum Gasteiger partial charge on any atom is -0.309 e. The van der Waals surface area contributed by atoms with Gasteiger partial charge in [0.25, 0.3) is 0 Å². The molecule has 0 bridgehead atoms. The average Bonchev–Trinajstić information content (AvgIpc) is 2.56. The van der Waals surface area contributed by atoms with Crippen molar-refractivity contribution in [1.82, 2.24) is 0 Å². The number of benzene rings is 3. The van der Waals surface area contributed by atoms with E-state index in [1.807, 2.05) is 78.9 Å². The summed E-state index contributed by atoms with van der Waals surface area (Å²) in [6.07, 6.45) is 0. The highest BCUT2D eigenvalue weighted by Crippen LogP contribution is 2.45. The summed E-state index contributed by atoms with van der Waals surface area (Å²) in [6.45, 7) is 0. The Hall–Kier alpha value is -1.41. The smallest absolute Gasteiger partial charge is 0.173 e. The molecule has 0 saturated carbocycles. The van der Waals surface area contributed by atoms with Gasteiger partial charge in [-0.3, -0.25) is 0 Å². The van der Waals surface area contributed by atoms with Crippen molar-refractivity contribution in [3.8, 4) is 0 Å². The fraction of sp³-hybridized carbons (Fsp3) is 0. The fourth-order valence-corrected chi connectivity index (χ4v) is 6.47. The SMILES string of the molecule is O=P(c1ccccc1)(c1ccccc1S)c1ccccc1S. The Balaban J connectivity index is 2.37. The Labute approximate surface area is 141 Å². The Morgan fingerprint density at radius 3 is 1.45 bits per heavy atom. The Kier molecular flexibility index (Phi) is 4.49. The van der Waals surface area contributed by atoms with Crippen molar-refractivity contribution in [2.24, 2.45) is 0 Å². The van der Waals surface area contributed by atoms with Gasteiger partial charge in [0.2, 0.25) is 0 Å². The van der Waals surface area contributed by atoms with Crippen molar-refractivity contribution in [3.63, 3.8) is 0 Å². The summed E-state index contributed by atoms with van der Waals surface area (Å²) in [6, 6.07) is 24.6. The van der Waals surface area contributed by atoms with E-state index in [9.17, 15) is 4.57 Å². The van der Waals surface area contributed by atoms with Crippen LogP contribution in [0.2, 0.25) is 0 Å². The van der Waals surface area contributed by atoms with E-state index in [-0.39, 0.29) is 0 Å². The maximum atomic E-state index is 14.2. The van der Waals surface area contributed by atoms with Crippen molar-refractivity contribution in [1.29, 1.82) is 0 Å². The molecule has 0 amide bonds. The predicted molar refractivity (Wildman–Crippen MR) is 100 cm³/mol. The van der Waals surface area contributed by atoms with Gasteiger partial charge < -0.3 is 4.57 Å². The molecule has 0 radical (unpaired) electrons. The molecule has 3 aromatic rings. The highest BCUT2D eigenvalue weighted by atomic mass is 32.1. The molecule has 4 heteroatoms.